The fourth-order valence-electron chi connectivity index (χ4n) is 2.75. The van der Waals surface area contributed by atoms with Gasteiger partial charge in [-0.3, -0.25) is 4.79 Å². The highest BCUT2D eigenvalue weighted by Gasteiger charge is 2.32. The topological polar surface area (TPSA) is 47.8 Å². The Kier molecular flexibility index (Phi) is 2.30. The first-order valence-corrected chi connectivity index (χ1v) is 6.21. The molecule has 16 heavy (non-hydrogen) atoms. The second-order valence-corrected chi connectivity index (χ2v) is 5.00. The van der Waals surface area contributed by atoms with E-state index >= 15 is 0 Å². The molecule has 0 saturated heterocycles. The summed E-state index contributed by atoms with van der Waals surface area (Å²) >= 11 is 0. The van der Waals surface area contributed by atoms with Gasteiger partial charge in [-0.05, 0) is 32.6 Å². The predicted molar refractivity (Wildman–Crippen MR) is 59.3 cm³/mol. The molecule has 1 aliphatic carbocycles. The first-order valence-electron chi connectivity index (χ1n) is 6.21. The Morgan fingerprint density at radius 1 is 1.19 bits per heavy atom. The van der Waals surface area contributed by atoms with Crippen LogP contribution in [0.5, 0.6) is 0 Å². The van der Waals surface area contributed by atoms with Crippen LogP contribution in [0.3, 0.4) is 0 Å². The number of carbonyl (C=O) groups excluding carboxylic acids is 1. The second-order valence-electron chi connectivity index (χ2n) is 5.00. The van der Waals surface area contributed by atoms with Gasteiger partial charge in [0, 0.05) is 12.5 Å². The zero-order valence-corrected chi connectivity index (χ0v) is 9.65. The molecule has 1 aliphatic heterocycles. The smallest absolute Gasteiger partial charge is 0.143 e. The van der Waals surface area contributed by atoms with Gasteiger partial charge < -0.3 is 4.57 Å². The summed E-state index contributed by atoms with van der Waals surface area (Å²) in [4.78, 5) is 11.5. The average Bonchev–Trinajstić information content (AvgIpc) is 2.59. The number of fused-ring (bicyclic) bond motifs is 1. The van der Waals surface area contributed by atoms with Crippen LogP contribution in [0.1, 0.15) is 62.5 Å². The molecular weight excluding hydrogens is 202 g/mol. The molecule has 0 spiro atoms. The maximum atomic E-state index is 11.5. The van der Waals surface area contributed by atoms with E-state index in [1.165, 1.54) is 19.3 Å². The first kappa shape index (κ1) is 10.00. The summed E-state index contributed by atoms with van der Waals surface area (Å²) in [7, 11) is 0. The minimum absolute atomic E-state index is 0.00456. The van der Waals surface area contributed by atoms with Crippen molar-refractivity contribution in [2.24, 2.45) is 0 Å². The van der Waals surface area contributed by atoms with Crippen LogP contribution >= 0.6 is 0 Å². The lowest BCUT2D eigenvalue weighted by Crippen LogP contribution is -2.24. The Bertz CT molecular complexity index is 420. The van der Waals surface area contributed by atoms with Crippen LogP contribution in [0.25, 0.3) is 0 Å². The van der Waals surface area contributed by atoms with Crippen LogP contribution in [0.4, 0.5) is 0 Å². The van der Waals surface area contributed by atoms with Gasteiger partial charge in [-0.2, -0.15) is 0 Å². The maximum Gasteiger partial charge on any atom is 0.143 e. The van der Waals surface area contributed by atoms with Crippen molar-refractivity contribution < 1.29 is 4.79 Å². The van der Waals surface area contributed by atoms with Gasteiger partial charge in [-0.1, -0.05) is 6.42 Å². The molecule has 1 fully saturated rings. The van der Waals surface area contributed by atoms with Crippen LogP contribution in [-0.4, -0.2) is 20.5 Å². The molecule has 0 N–H and O–H groups in total. The highest BCUT2D eigenvalue weighted by Crippen LogP contribution is 2.38. The van der Waals surface area contributed by atoms with Gasteiger partial charge in [0.15, 0.2) is 0 Å². The fraction of sp³-hybridized carbons (Fsp3) is 0.750. The summed E-state index contributed by atoms with van der Waals surface area (Å²) in [5.41, 5.74) is 0. The zero-order chi connectivity index (χ0) is 11.1. The lowest BCUT2D eigenvalue weighted by atomic mass is 9.84. The van der Waals surface area contributed by atoms with E-state index in [4.69, 9.17) is 0 Å². The predicted octanol–water partition coefficient (Wildman–Crippen LogP) is 2.01. The summed E-state index contributed by atoms with van der Waals surface area (Å²) in [6.45, 7) is 2.66. The maximum absolute atomic E-state index is 11.5. The zero-order valence-electron chi connectivity index (χ0n) is 9.65. The van der Waals surface area contributed by atoms with E-state index in [0.29, 0.717) is 5.92 Å². The molecule has 2 heterocycles. The molecule has 0 radical (unpaired) electrons. The summed E-state index contributed by atoms with van der Waals surface area (Å²) < 4.78 is 2.21. The van der Waals surface area contributed by atoms with E-state index < -0.39 is 0 Å². The van der Waals surface area contributed by atoms with Gasteiger partial charge in [0.05, 0.1) is 5.92 Å². The molecular formula is C12H17N3O. The standard InChI is InChI=1S/C12H17N3O/c1-8(16)10-6-3-7-15-11(9-4-2-5-9)13-14-12(10)15/h9-10H,2-7H2,1H3. The number of aromatic nitrogens is 3. The monoisotopic (exact) mass is 219 g/mol. The van der Waals surface area contributed by atoms with Gasteiger partial charge in [0.1, 0.15) is 17.4 Å². The summed E-state index contributed by atoms with van der Waals surface area (Å²) in [6, 6.07) is 0. The number of nitrogens with zero attached hydrogens (tertiary/aromatic N) is 3. The van der Waals surface area contributed by atoms with Crippen molar-refractivity contribution in [2.75, 3.05) is 0 Å². The third kappa shape index (κ3) is 1.39. The van der Waals surface area contributed by atoms with Gasteiger partial charge in [0.25, 0.3) is 0 Å². The molecule has 2 aliphatic rings. The summed E-state index contributed by atoms with van der Waals surface area (Å²) in [6.07, 6.45) is 5.81. The normalized spacial score (nSPS) is 24.9. The SMILES string of the molecule is CC(=O)C1CCCn2c(C3CCC3)nnc21. The molecule has 0 amide bonds. The fourth-order valence-corrected chi connectivity index (χ4v) is 2.75. The van der Waals surface area contributed by atoms with Crippen molar-refractivity contribution in [3.05, 3.63) is 11.6 Å². The molecule has 0 aromatic carbocycles. The molecule has 4 heteroatoms. The Hall–Kier alpha value is -1.19. The Balaban J connectivity index is 1.97. The van der Waals surface area contributed by atoms with Crippen molar-refractivity contribution in [3.8, 4) is 0 Å². The van der Waals surface area contributed by atoms with Gasteiger partial charge in [-0.15, -0.1) is 10.2 Å². The third-order valence-electron chi connectivity index (χ3n) is 3.96. The quantitative estimate of drug-likeness (QED) is 0.764. The Morgan fingerprint density at radius 2 is 1.94 bits per heavy atom. The molecule has 1 aromatic heterocycles. The third-order valence-corrected chi connectivity index (χ3v) is 3.96. The second kappa shape index (κ2) is 3.68. The van der Waals surface area contributed by atoms with E-state index in [9.17, 15) is 4.79 Å². The van der Waals surface area contributed by atoms with E-state index in [1.807, 2.05) is 0 Å². The van der Waals surface area contributed by atoms with Crippen LogP contribution in [0.15, 0.2) is 0 Å². The van der Waals surface area contributed by atoms with Gasteiger partial charge >= 0.3 is 0 Å². The van der Waals surface area contributed by atoms with Crippen molar-refractivity contribution in [2.45, 2.75) is 57.4 Å². The minimum Gasteiger partial charge on any atom is -0.314 e. The number of hydrogen-bond acceptors (Lipinski definition) is 3. The molecule has 1 saturated carbocycles. The lowest BCUT2D eigenvalue weighted by Gasteiger charge is -2.28. The number of carbonyl (C=O) groups is 1. The summed E-state index contributed by atoms with van der Waals surface area (Å²) in [5.74, 6) is 2.88. The van der Waals surface area contributed by atoms with Crippen molar-refractivity contribution in [1.29, 1.82) is 0 Å². The van der Waals surface area contributed by atoms with Crippen LogP contribution in [0, 0.1) is 0 Å². The Morgan fingerprint density at radius 3 is 2.56 bits per heavy atom. The van der Waals surface area contributed by atoms with E-state index in [1.54, 1.807) is 6.92 Å². The molecule has 1 unspecified atom stereocenters. The van der Waals surface area contributed by atoms with E-state index in [-0.39, 0.29) is 11.7 Å². The van der Waals surface area contributed by atoms with Gasteiger partial charge in [0.2, 0.25) is 0 Å². The van der Waals surface area contributed by atoms with Crippen molar-refractivity contribution >= 4 is 5.78 Å². The average molecular weight is 219 g/mol. The van der Waals surface area contributed by atoms with Crippen molar-refractivity contribution in [1.82, 2.24) is 14.8 Å². The van der Waals surface area contributed by atoms with Gasteiger partial charge in [-0.25, -0.2) is 0 Å². The number of hydrogen-bond donors (Lipinski definition) is 0. The minimum atomic E-state index is -0.00456. The van der Waals surface area contributed by atoms with E-state index in [0.717, 1.165) is 31.0 Å². The largest absolute Gasteiger partial charge is 0.314 e. The number of ketones is 1. The van der Waals surface area contributed by atoms with Crippen LogP contribution in [-0.2, 0) is 11.3 Å². The first-order chi connectivity index (χ1) is 7.77. The molecule has 1 atom stereocenters. The summed E-state index contributed by atoms with van der Waals surface area (Å²) in [5, 5.41) is 8.57. The molecule has 86 valence electrons. The van der Waals surface area contributed by atoms with Crippen molar-refractivity contribution in [3.63, 3.8) is 0 Å². The highest BCUT2D eigenvalue weighted by molar-refractivity contribution is 5.82. The lowest BCUT2D eigenvalue weighted by molar-refractivity contribution is -0.119. The Labute approximate surface area is 95.1 Å². The molecule has 1 aromatic rings. The molecule has 0 bridgehead atoms. The highest BCUT2D eigenvalue weighted by atomic mass is 16.1. The molecule has 3 rings (SSSR count). The van der Waals surface area contributed by atoms with E-state index in [2.05, 4.69) is 14.8 Å². The number of Topliss-reactive ketones (excluding diaryl/α,β-unsaturated/α-hetero) is 1. The number of rotatable bonds is 2. The van der Waals surface area contributed by atoms with Crippen LogP contribution in [0.2, 0.25) is 0 Å². The molecule has 4 nitrogen and oxygen atoms in total. The van der Waals surface area contributed by atoms with Crippen LogP contribution < -0.4 is 0 Å².